The van der Waals surface area contributed by atoms with Gasteiger partial charge in [0.2, 0.25) is 5.91 Å². The van der Waals surface area contributed by atoms with Crippen LogP contribution in [0.4, 0.5) is 4.39 Å². The van der Waals surface area contributed by atoms with Crippen LogP contribution in [0.3, 0.4) is 0 Å². The maximum atomic E-state index is 12.9. The number of hydrogen-bond acceptors (Lipinski definition) is 3. The molecule has 0 radical (unpaired) electrons. The van der Waals surface area contributed by atoms with Crippen molar-refractivity contribution in [3.05, 3.63) is 28.8 Å². The predicted molar refractivity (Wildman–Crippen MR) is 64.8 cm³/mol. The second kappa shape index (κ2) is 6.30. The molecule has 0 fully saturated rings. The molecule has 2 amide bonds. The standard InChI is InChI=1S/C11H13ClFN3O2/c1-6(2)16-9(17)5-15-11(18)8-3-7(13)4-14-10(8)12/h3-4,6H,5H2,1-2H3,(H,15,18)(H,16,17). The average molecular weight is 274 g/mol. The molecule has 98 valence electrons. The van der Waals surface area contributed by atoms with E-state index in [9.17, 15) is 14.0 Å². The Morgan fingerprint density at radius 3 is 2.78 bits per heavy atom. The van der Waals surface area contributed by atoms with Crippen molar-refractivity contribution in [2.45, 2.75) is 19.9 Å². The van der Waals surface area contributed by atoms with Gasteiger partial charge in [0.25, 0.3) is 5.91 Å². The molecule has 7 heteroatoms. The molecule has 2 N–H and O–H groups in total. The number of nitrogens with one attached hydrogen (secondary N) is 2. The number of amides is 2. The van der Waals surface area contributed by atoms with Crippen LogP contribution in [0, 0.1) is 5.82 Å². The molecule has 0 aliphatic carbocycles. The summed E-state index contributed by atoms with van der Waals surface area (Å²) >= 11 is 5.65. The van der Waals surface area contributed by atoms with Crippen molar-refractivity contribution in [2.75, 3.05) is 6.54 Å². The molecule has 1 heterocycles. The number of rotatable bonds is 4. The fourth-order valence-electron chi connectivity index (χ4n) is 1.21. The van der Waals surface area contributed by atoms with E-state index in [4.69, 9.17) is 11.6 Å². The van der Waals surface area contributed by atoms with E-state index < -0.39 is 11.7 Å². The maximum Gasteiger partial charge on any atom is 0.254 e. The molecule has 1 rings (SSSR count). The van der Waals surface area contributed by atoms with Crippen molar-refractivity contribution >= 4 is 23.4 Å². The molecule has 18 heavy (non-hydrogen) atoms. The van der Waals surface area contributed by atoms with Gasteiger partial charge in [-0.25, -0.2) is 9.37 Å². The first-order chi connectivity index (χ1) is 8.40. The maximum absolute atomic E-state index is 12.9. The third kappa shape index (κ3) is 4.29. The van der Waals surface area contributed by atoms with Crippen molar-refractivity contribution in [1.82, 2.24) is 15.6 Å². The molecular formula is C11H13ClFN3O2. The Hall–Kier alpha value is -1.69. The highest BCUT2D eigenvalue weighted by molar-refractivity contribution is 6.32. The van der Waals surface area contributed by atoms with Crippen LogP contribution in [0.2, 0.25) is 5.15 Å². The Bertz CT molecular complexity index is 466. The van der Waals surface area contributed by atoms with E-state index in [1.807, 2.05) is 0 Å². The van der Waals surface area contributed by atoms with Gasteiger partial charge >= 0.3 is 0 Å². The summed E-state index contributed by atoms with van der Waals surface area (Å²) in [5.74, 6) is -1.65. The SMILES string of the molecule is CC(C)NC(=O)CNC(=O)c1cc(F)cnc1Cl. The van der Waals surface area contributed by atoms with Crippen LogP contribution >= 0.6 is 11.6 Å². The van der Waals surface area contributed by atoms with E-state index in [0.717, 1.165) is 12.3 Å². The van der Waals surface area contributed by atoms with Crippen molar-refractivity contribution in [3.63, 3.8) is 0 Å². The van der Waals surface area contributed by atoms with Crippen LogP contribution in [0.1, 0.15) is 24.2 Å². The molecule has 0 aliphatic rings. The molecular weight excluding hydrogens is 261 g/mol. The number of nitrogens with zero attached hydrogens (tertiary/aromatic N) is 1. The summed E-state index contributed by atoms with van der Waals surface area (Å²) in [6.07, 6.45) is 0.907. The fraction of sp³-hybridized carbons (Fsp3) is 0.364. The monoisotopic (exact) mass is 273 g/mol. The van der Waals surface area contributed by atoms with Crippen LogP contribution in [0.5, 0.6) is 0 Å². The summed E-state index contributed by atoms with van der Waals surface area (Å²) in [4.78, 5) is 26.4. The minimum absolute atomic E-state index is 0.0196. The van der Waals surface area contributed by atoms with Gasteiger partial charge < -0.3 is 10.6 Å². The zero-order valence-electron chi connectivity index (χ0n) is 9.96. The summed E-state index contributed by atoms with van der Waals surface area (Å²) in [5, 5.41) is 4.82. The number of hydrogen-bond donors (Lipinski definition) is 2. The summed E-state index contributed by atoms with van der Waals surface area (Å²) < 4.78 is 12.9. The minimum Gasteiger partial charge on any atom is -0.352 e. The van der Waals surface area contributed by atoms with Gasteiger partial charge in [0.05, 0.1) is 18.3 Å². The van der Waals surface area contributed by atoms with Gasteiger partial charge in [-0.05, 0) is 19.9 Å². The van der Waals surface area contributed by atoms with E-state index >= 15 is 0 Å². The van der Waals surface area contributed by atoms with Gasteiger partial charge in [-0.3, -0.25) is 9.59 Å². The smallest absolute Gasteiger partial charge is 0.254 e. The minimum atomic E-state index is -0.670. The first kappa shape index (κ1) is 14.4. The molecule has 0 aliphatic heterocycles. The zero-order chi connectivity index (χ0) is 13.7. The molecule has 1 aromatic heterocycles. The van der Waals surface area contributed by atoms with Crippen molar-refractivity contribution < 1.29 is 14.0 Å². The van der Waals surface area contributed by atoms with Crippen LogP contribution in [0.25, 0.3) is 0 Å². The molecule has 5 nitrogen and oxygen atoms in total. The number of aromatic nitrogens is 1. The molecule has 0 bridgehead atoms. The summed E-state index contributed by atoms with van der Waals surface area (Å²) in [7, 11) is 0. The molecule has 0 unspecified atom stereocenters. The van der Waals surface area contributed by atoms with Crippen LogP contribution in [-0.2, 0) is 4.79 Å². The molecule has 0 saturated carbocycles. The highest BCUT2D eigenvalue weighted by Crippen LogP contribution is 2.13. The highest BCUT2D eigenvalue weighted by Gasteiger charge is 2.13. The van der Waals surface area contributed by atoms with Crippen LogP contribution < -0.4 is 10.6 Å². The topological polar surface area (TPSA) is 71.1 Å². The van der Waals surface area contributed by atoms with Crippen molar-refractivity contribution in [2.24, 2.45) is 0 Å². The molecule has 0 saturated heterocycles. The van der Waals surface area contributed by atoms with Crippen molar-refractivity contribution in [3.8, 4) is 0 Å². The molecule has 0 spiro atoms. The summed E-state index contributed by atoms with van der Waals surface area (Å²) in [6.45, 7) is 3.39. The van der Waals surface area contributed by atoms with Gasteiger partial charge in [-0.1, -0.05) is 11.6 Å². The number of halogens is 2. The largest absolute Gasteiger partial charge is 0.352 e. The summed E-state index contributed by atoms with van der Waals surface area (Å²) in [6, 6.07) is 0.944. The van der Waals surface area contributed by atoms with Gasteiger partial charge in [0.1, 0.15) is 11.0 Å². The van der Waals surface area contributed by atoms with E-state index in [-0.39, 0.29) is 29.2 Å². The lowest BCUT2D eigenvalue weighted by atomic mass is 10.2. The molecule has 0 aromatic carbocycles. The average Bonchev–Trinajstić information content (AvgIpc) is 2.28. The van der Waals surface area contributed by atoms with Crippen LogP contribution in [0.15, 0.2) is 12.3 Å². The van der Waals surface area contributed by atoms with Gasteiger partial charge in [-0.15, -0.1) is 0 Å². The predicted octanol–water partition coefficient (Wildman–Crippen LogP) is 1.13. The lowest BCUT2D eigenvalue weighted by Gasteiger charge is -2.09. The first-order valence-corrected chi connectivity index (χ1v) is 5.66. The second-order valence-corrected chi connectivity index (χ2v) is 4.25. The lowest BCUT2D eigenvalue weighted by Crippen LogP contribution is -2.39. The van der Waals surface area contributed by atoms with E-state index in [1.165, 1.54) is 0 Å². The number of carbonyl (C=O) groups excluding carboxylic acids is 2. The van der Waals surface area contributed by atoms with Crippen molar-refractivity contribution in [1.29, 1.82) is 0 Å². The summed E-state index contributed by atoms with van der Waals surface area (Å²) in [5.41, 5.74) is -0.103. The number of pyridine rings is 1. The third-order valence-corrected chi connectivity index (χ3v) is 2.21. The molecule has 0 atom stereocenters. The Morgan fingerprint density at radius 2 is 2.17 bits per heavy atom. The Balaban J connectivity index is 2.60. The van der Waals surface area contributed by atoms with Crippen LogP contribution in [-0.4, -0.2) is 29.4 Å². The normalized spacial score (nSPS) is 10.3. The quantitative estimate of drug-likeness (QED) is 0.808. The van der Waals surface area contributed by atoms with E-state index in [2.05, 4.69) is 15.6 Å². The Kier molecular flexibility index (Phi) is 5.03. The van der Waals surface area contributed by atoms with E-state index in [1.54, 1.807) is 13.8 Å². The van der Waals surface area contributed by atoms with Gasteiger partial charge in [0.15, 0.2) is 0 Å². The fourth-order valence-corrected chi connectivity index (χ4v) is 1.40. The van der Waals surface area contributed by atoms with Gasteiger partial charge in [-0.2, -0.15) is 0 Å². The number of carbonyl (C=O) groups is 2. The Morgan fingerprint density at radius 1 is 1.50 bits per heavy atom. The third-order valence-electron chi connectivity index (χ3n) is 1.91. The highest BCUT2D eigenvalue weighted by atomic mass is 35.5. The Labute approximate surface area is 109 Å². The first-order valence-electron chi connectivity index (χ1n) is 5.28. The lowest BCUT2D eigenvalue weighted by molar-refractivity contribution is -0.120. The molecule has 1 aromatic rings. The van der Waals surface area contributed by atoms with Gasteiger partial charge in [0, 0.05) is 6.04 Å². The second-order valence-electron chi connectivity index (χ2n) is 3.90. The van der Waals surface area contributed by atoms with E-state index in [0.29, 0.717) is 0 Å². The zero-order valence-corrected chi connectivity index (χ0v) is 10.7.